The van der Waals surface area contributed by atoms with Gasteiger partial charge >= 0.3 is 5.97 Å². The maximum atomic E-state index is 10.7. The van der Waals surface area contributed by atoms with E-state index in [2.05, 4.69) is 14.9 Å². The van der Waals surface area contributed by atoms with Crippen LogP contribution in [0.3, 0.4) is 0 Å². The normalized spacial score (nSPS) is 30.2. The number of nitrogens with zero attached hydrogens (tertiary/aromatic N) is 3. The lowest BCUT2D eigenvalue weighted by Gasteiger charge is -2.19. The average Bonchev–Trinajstić information content (AvgIpc) is 2.81. The first-order valence-corrected chi connectivity index (χ1v) is 5.71. The van der Waals surface area contributed by atoms with Gasteiger partial charge in [-0.3, -0.25) is 0 Å². The van der Waals surface area contributed by atoms with Crippen molar-refractivity contribution in [2.24, 2.45) is 23.5 Å². The van der Waals surface area contributed by atoms with Crippen LogP contribution in [0.2, 0.25) is 0 Å². The summed E-state index contributed by atoms with van der Waals surface area (Å²) in [5, 5.41) is 8.75. The number of nitrogens with two attached hydrogens (primary N) is 1. The summed E-state index contributed by atoms with van der Waals surface area (Å²) in [7, 11) is 0. The van der Waals surface area contributed by atoms with Crippen LogP contribution in [0.25, 0.3) is 0 Å². The molecule has 2 fully saturated rings. The van der Waals surface area contributed by atoms with Crippen molar-refractivity contribution in [3.63, 3.8) is 0 Å². The summed E-state index contributed by atoms with van der Waals surface area (Å²) >= 11 is 0. The molecule has 2 atom stereocenters. The first-order valence-electron chi connectivity index (χ1n) is 5.71. The van der Waals surface area contributed by atoms with Gasteiger partial charge in [0, 0.05) is 25.5 Å². The van der Waals surface area contributed by atoms with Crippen molar-refractivity contribution in [2.45, 2.75) is 0 Å². The van der Waals surface area contributed by atoms with Gasteiger partial charge in [-0.2, -0.15) is 0 Å². The van der Waals surface area contributed by atoms with E-state index in [4.69, 9.17) is 10.8 Å². The standard InChI is InChI=1S/C11H14N4O2/c12-1-7-8-4-15(5-9(7)8)11-13-2-6(3-14-11)10(16)17/h2-3,7-9H,1,4-5,12H2,(H,16,17). The van der Waals surface area contributed by atoms with Gasteiger partial charge in [-0.1, -0.05) is 0 Å². The van der Waals surface area contributed by atoms with Crippen LogP contribution in [0.15, 0.2) is 12.4 Å². The van der Waals surface area contributed by atoms with Gasteiger partial charge in [0.1, 0.15) is 0 Å². The SMILES string of the molecule is NCC1C2CN(c3ncc(C(=O)O)cn3)CC12. The second kappa shape index (κ2) is 3.66. The Morgan fingerprint density at radius 3 is 2.47 bits per heavy atom. The van der Waals surface area contributed by atoms with Crippen molar-refractivity contribution < 1.29 is 9.90 Å². The number of carboxylic acid groups (broad SMARTS) is 1. The van der Waals surface area contributed by atoms with Crippen molar-refractivity contribution in [3.8, 4) is 0 Å². The number of aromatic nitrogens is 2. The fourth-order valence-electron chi connectivity index (χ4n) is 2.76. The lowest BCUT2D eigenvalue weighted by molar-refractivity contribution is 0.0696. The molecule has 1 aromatic heterocycles. The quantitative estimate of drug-likeness (QED) is 0.753. The molecule has 0 amide bonds. The molecule has 1 saturated heterocycles. The molecule has 6 nitrogen and oxygen atoms in total. The average molecular weight is 234 g/mol. The third-order valence-corrected chi connectivity index (χ3v) is 3.81. The van der Waals surface area contributed by atoms with E-state index in [-0.39, 0.29) is 5.56 Å². The molecule has 1 aromatic rings. The molecule has 0 spiro atoms. The largest absolute Gasteiger partial charge is 0.478 e. The van der Waals surface area contributed by atoms with Gasteiger partial charge in [0.25, 0.3) is 0 Å². The Hall–Kier alpha value is -1.69. The fourth-order valence-corrected chi connectivity index (χ4v) is 2.76. The Kier molecular flexibility index (Phi) is 2.25. The second-order valence-electron chi connectivity index (χ2n) is 4.71. The van der Waals surface area contributed by atoms with Crippen molar-refractivity contribution in [1.82, 2.24) is 9.97 Å². The molecule has 1 saturated carbocycles. The van der Waals surface area contributed by atoms with Crippen LogP contribution >= 0.6 is 0 Å². The van der Waals surface area contributed by atoms with Gasteiger partial charge in [-0.15, -0.1) is 0 Å². The van der Waals surface area contributed by atoms with Crippen LogP contribution in [0.5, 0.6) is 0 Å². The molecule has 2 aliphatic rings. The van der Waals surface area contributed by atoms with Gasteiger partial charge in [0.2, 0.25) is 5.95 Å². The Balaban J connectivity index is 1.69. The van der Waals surface area contributed by atoms with Crippen molar-refractivity contribution in [2.75, 3.05) is 24.5 Å². The fraction of sp³-hybridized carbons (Fsp3) is 0.545. The van der Waals surface area contributed by atoms with Crippen LogP contribution < -0.4 is 10.6 Å². The molecule has 17 heavy (non-hydrogen) atoms. The van der Waals surface area contributed by atoms with Crippen LogP contribution in [0.1, 0.15) is 10.4 Å². The Labute approximate surface area is 98.5 Å². The van der Waals surface area contributed by atoms with E-state index in [1.165, 1.54) is 12.4 Å². The summed E-state index contributed by atoms with van der Waals surface area (Å²) in [4.78, 5) is 21.0. The highest BCUT2D eigenvalue weighted by molar-refractivity contribution is 5.86. The predicted octanol–water partition coefficient (Wildman–Crippen LogP) is -0.184. The minimum atomic E-state index is -0.996. The topological polar surface area (TPSA) is 92.3 Å². The lowest BCUT2D eigenvalue weighted by atomic mass is 10.3. The number of anilines is 1. The summed E-state index contributed by atoms with van der Waals surface area (Å²) in [6.07, 6.45) is 2.71. The minimum Gasteiger partial charge on any atom is -0.478 e. The molecule has 6 heteroatoms. The molecule has 0 bridgehead atoms. The molecular formula is C11H14N4O2. The van der Waals surface area contributed by atoms with E-state index >= 15 is 0 Å². The molecule has 3 rings (SSSR count). The Morgan fingerprint density at radius 2 is 2.00 bits per heavy atom. The monoisotopic (exact) mass is 234 g/mol. The molecular weight excluding hydrogens is 220 g/mol. The molecule has 0 radical (unpaired) electrons. The van der Waals surface area contributed by atoms with E-state index < -0.39 is 5.97 Å². The van der Waals surface area contributed by atoms with E-state index in [1.54, 1.807) is 0 Å². The minimum absolute atomic E-state index is 0.123. The number of fused-ring (bicyclic) bond motifs is 1. The molecule has 2 unspecified atom stereocenters. The summed E-state index contributed by atoms with van der Waals surface area (Å²) in [5.41, 5.74) is 5.77. The van der Waals surface area contributed by atoms with E-state index in [0.717, 1.165) is 19.6 Å². The molecule has 0 aromatic carbocycles. The predicted molar refractivity (Wildman–Crippen MR) is 60.7 cm³/mol. The highest BCUT2D eigenvalue weighted by Gasteiger charge is 2.55. The summed E-state index contributed by atoms with van der Waals surface area (Å²) in [5.74, 6) is 1.66. The number of hydrogen-bond donors (Lipinski definition) is 2. The summed E-state index contributed by atoms with van der Waals surface area (Å²) < 4.78 is 0. The van der Waals surface area contributed by atoms with Crippen LogP contribution in [-0.4, -0.2) is 40.7 Å². The number of carboxylic acids is 1. The zero-order chi connectivity index (χ0) is 12.0. The van der Waals surface area contributed by atoms with Gasteiger partial charge in [-0.25, -0.2) is 14.8 Å². The van der Waals surface area contributed by atoms with E-state index in [0.29, 0.717) is 23.7 Å². The zero-order valence-electron chi connectivity index (χ0n) is 9.28. The second-order valence-corrected chi connectivity index (χ2v) is 4.71. The third-order valence-electron chi connectivity index (χ3n) is 3.81. The smallest absolute Gasteiger partial charge is 0.338 e. The molecule has 1 aliphatic carbocycles. The number of hydrogen-bond acceptors (Lipinski definition) is 5. The first-order chi connectivity index (χ1) is 8.20. The highest BCUT2D eigenvalue weighted by atomic mass is 16.4. The van der Waals surface area contributed by atoms with Crippen LogP contribution in [0.4, 0.5) is 5.95 Å². The van der Waals surface area contributed by atoms with Gasteiger partial charge in [0.15, 0.2) is 0 Å². The third kappa shape index (κ3) is 1.64. The number of aromatic carboxylic acids is 1. The van der Waals surface area contributed by atoms with Crippen molar-refractivity contribution in [3.05, 3.63) is 18.0 Å². The van der Waals surface area contributed by atoms with Gasteiger partial charge in [-0.05, 0) is 24.3 Å². The number of carbonyl (C=O) groups is 1. The van der Waals surface area contributed by atoms with Crippen molar-refractivity contribution >= 4 is 11.9 Å². The van der Waals surface area contributed by atoms with Crippen molar-refractivity contribution in [1.29, 1.82) is 0 Å². The highest BCUT2D eigenvalue weighted by Crippen LogP contribution is 2.51. The van der Waals surface area contributed by atoms with Gasteiger partial charge < -0.3 is 15.7 Å². The molecule has 90 valence electrons. The Morgan fingerprint density at radius 1 is 1.41 bits per heavy atom. The maximum absolute atomic E-state index is 10.7. The zero-order valence-corrected chi connectivity index (χ0v) is 9.28. The van der Waals surface area contributed by atoms with Gasteiger partial charge in [0.05, 0.1) is 5.56 Å². The Bertz CT molecular complexity index is 435. The summed E-state index contributed by atoms with van der Waals surface area (Å²) in [6.45, 7) is 2.65. The lowest BCUT2D eigenvalue weighted by Crippen LogP contribution is -2.27. The number of rotatable bonds is 3. The maximum Gasteiger partial charge on any atom is 0.338 e. The molecule has 2 heterocycles. The van der Waals surface area contributed by atoms with E-state index in [1.807, 2.05) is 0 Å². The van der Waals surface area contributed by atoms with Crippen LogP contribution in [-0.2, 0) is 0 Å². The summed E-state index contributed by atoms with van der Waals surface area (Å²) in [6, 6.07) is 0. The molecule has 3 N–H and O–H groups in total. The first kappa shape index (κ1) is 10.5. The van der Waals surface area contributed by atoms with E-state index in [9.17, 15) is 4.79 Å². The number of piperidine rings is 1. The molecule has 1 aliphatic heterocycles. The van der Waals surface area contributed by atoms with Crippen LogP contribution in [0, 0.1) is 17.8 Å².